The maximum atomic E-state index is 12.9. The molecular formula is C28H44N12O5. The van der Waals surface area contributed by atoms with Crippen LogP contribution in [-0.2, 0) is 36.8 Å². The Labute approximate surface area is 263 Å². The number of nitrogens with zero attached hydrogens (tertiary/aromatic N) is 12. The fourth-order valence-electron chi connectivity index (χ4n) is 5.32. The molecule has 1 fully saturated rings. The minimum Gasteiger partial charge on any atom is -0.383 e. The third kappa shape index (κ3) is 7.49. The van der Waals surface area contributed by atoms with Gasteiger partial charge in [-0.3, -0.25) is 4.79 Å². The topological polar surface area (TPSA) is 152 Å². The second-order valence-corrected chi connectivity index (χ2v) is 10.9. The molecular weight excluding hydrogens is 584 g/mol. The lowest BCUT2D eigenvalue weighted by atomic mass is 10.2. The minimum absolute atomic E-state index is 0.0123. The van der Waals surface area contributed by atoms with Gasteiger partial charge >= 0.3 is 0 Å². The quantitative estimate of drug-likeness (QED) is 0.200. The van der Waals surface area contributed by atoms with Crippen molar-refractivity contribution in [1.82, 2.24) is 39.8 Å². The summed E-state index contributed by atoms with van der Waals surface area (Å²) < 4.78 is 23.6. The number of aromatic nitrogens is 7. The Bertz CT molecular complexity index is 1410. The largest absolute Gasteiger partial charge is 0.383 e. The number of methoxy groups -OCH3 is 4. The number of ether oxygens (including phenoxy) is 4. The lowest BCUT2D eigenvalue weighted by molar-refractivity contribution is -0.129. The normalized spacial score (nSPS) is 15.2. The molecule has 0 N–H and O–H groups in total. The van der Waals surface area contributed by atoms with Crippen molar-refractivity contribution in [3.8, 4) is 0 Å². The molecule has 5 heterocycles. The van der Waals surface area contributed by atoms with Gasteiger partial charge in [0.1, 0.15) is 11.0 Å². The average molecular weight is 629 g/mol. The molecule has 2 aliphatic heterocycles. The first-order valence-electron chi connectivity index (χ1n) is 15.1. The van der Waals surface area contributed by atoms with Gasteiger partial charge in [0.15, 0.2) is 11.6 Å². The van der Waals surface area contributed by atoms with Gasteiger partial charge in [-0.15, -0.1) is 5.10 Å². The van der Waals surface area contributed by atoms with E-state index in [9.17, 15) is 4.79 Å². The van der Waals surface area contributed by atoms with Crippen LogP contribution in [0.1, 0.15) is 5.69 Å². The molecule has 2 aliphatic rings. The first-order chi connectivity index (χ1) is 22.0. The zero-order chi connectivity index (χ0) is 31.8. The number of fused-ring (bicyclic) bond motifs is 2. The minimum atomic E-state index is 0.0123. The molecule has 17 nitrogen and oxygen atoms in total. The molecule has 0 saturated carbocycles. The molecule has 246 valence electrons. The van der Waals surface area contributed by atoms with Crippen LogP contribution in [-0.4, -0.2) is 160 Å². The van der Waals surface area contributed by atoms with E-state index >= 15 is 0 Å². The summed E-state index contributed by atoms with van der Waals surface area (Å²) in [5.41, 5.74) is 2.15. The molecule has 45 heavy (non-hydrogen) atoms. The molecule has 0 atom stereocenters. The molecule has 0 radical (unpaired) electrons. The van der Waals surface area contributed by atoms with E-state index in [0.717, 1.165) is 5.69 Å². The molecule has 0 unspecified atom stereocenters. The van der Waals surface area contributed by atoms with Crippen LogP contribution in [0.25, 0.3) is 11.0 Å². The Morgan fingerprint density at radius 2 is 1.18 bits per heavy atom. The van der Waals surface area contributed by atoms with E-state index in [-0.39, 0.29) is 12.5 Å². The maximum Gasteiger partial charge on any atom is 0.241 e. The van der Waals surface area contributed by atoms with Crippen LogP contribution in [0.2, 0.25) is 0 Å². The predicted molar refractivity (Wildman–Crippen MR) is 168 cm³/mol. The number of hydrogen-bond donors (Lipinski definition) is 0. The van der Waals surface area contributed by atoms with Gasteiger partial charge < -0.3 is 43.4 Å². The van der Waals surface area contributed by atoms with Crippen molar-refractivity contribution in [3.63, 3.8) is 0 Å². The Morgan fingerprint density at radius 1 is 0.689 bits per heavy atom. The summed E-state index contributed by atoms with van der Waals surface area (Å²) in [5.74, 6) is 2.28. The maximum absolute atomic E-state index is 12.9. The number of anilines is 4. The summed E-state index contributed by atoms with van der Waals surface area (Å²) in [4.78, 5) is 43.4. The van der Waals surface area contributed by atoms with Gasteiger partial charge in [0, 0.05) is 81.3 Å². The van der Waals surface area contributed by atoms with Gasteiger partial charge in [-0.25, -0.2) is 14.6 Å². The summed E-state index contributed by atoms with van der Waals surface area (Å²) in [7, 11) is 8.49. The molecule has 3 aromatic rings. The van der Waals surface area contributed by atoms with E-state index in [2.05, 4.69) is 15.2 Å². The molecule has 0 aromatic carbocycles. The number of piperazine rings is 1. The molecule has 0 aliphatic carbocycles. The van der Waals surface area contributed by atoms with Crippen LogP contribution < -0.4 is 19.6 Å². The summed E-state index contributed by atoms with van der Waals surface area (Å²) in [5, 5.41) is 8.33. The van der Waals surface area contributed by atoms with Crippen molar-refractivity contribution in [2.24, 2.45) is 0 Å². The SMILES string of the molecule is COCCN(CCOC)c1nc(N2CCn3nncc3C2)c2nc(N(CCOC)CCOC)nc(N3CCN(C)C(=O)C3)c2n1. The van der Waals surface area contributed by atoms with Crippen LogP contribution in [0.4, 0.5) is 23.5 Å². The highest BCUT2D eigenvalue weighted by molar-refractivity contribution is 5.96. The van der Waals surface area contributed by atoms with E-state index in [1.807, 2.05) is 26.4 Å². The van der Waals surface area contributed by atoms with Crippen LogP contribution >= 0.6 is 0 Å². The van der Waals surface area contributed by atoms with Crippen molar-refractivity contribution in [1.29, 1.82) is 0 Å². The Hall–Kier alpha value is -3.93. The fourth-order valence-corrected chi connectivity index (χ4v) is 5.32. The van der Waals surface area contributed by atoms with E-state index in [1.54, 1.807) is 39.5 Å². The number of hydrogen-bond acceptors (Lipinski definition) is 15. The van der Waals surface area contributed by atoms with Gasteiger partial charge in [0.2, 0.25) is 17.8 Å². The molecule has 5 rings (SSSR count). The predicted octanol–water partition coefficient (Wildman–Crippen LogP) is -0.492. The van der Waals surface area contributed by atoms with Gasteiger partial charge in [0.05, 0.1) is 58.0 Å². The zero-order valence-electron chi connectivity index (χ0n) is 26.9. The van der Waals surface area contributed by atoms with Gasteiger partial charge in [-0.2, -0.15) is 9.97 Å². The van der Waals surface area contributed by atoms with Crippen LogP contribution in [0.5, 0.6) is 0 Å². The summed E-state index contributed by atoms with van der Waals surface area (Å²) >= 11 is 0. The number of amides is 1. The van der Waals surface area contributed by atoms with Crippen LogP contribution in [0, 0.1) is 0 Å². The Kier molecular flexibility index (Phi) is 11.1. The summed E-state index contributed by atoms with van der Waals surface area (Å²) in [6, 6.07) is 0. The molecule has 0 spiro atoms. The molecule has 17 heteroatoms. The van der Waals surface area contributed by atoms with E-state index in [0.29, 0.717) is 120 Å². The van der Waals surface area contributed by atoms with Gasteiger partial charge in [-0.05, 0) is 0 Å². The summed E-state index contributed by atoms with van der Waals surface area (Å²) in [6.45, 7) is 7.35. The first-order valence-corrected chi connectivity index (χ1v) is 15.1. The lowest BCUT2D eigenvalue weighted by Crippen LogP contribution is -2.49. The van der Waals surface area contributed by atoms with Crippen LogP contribution in [0.15, 0.2) is 6.20 Å². The van der Waals surface area contributed by atoms with E-state index in [4.69, 9.17) is 38.9 Å². The van der Waals surface area contributed by atoms with Crippen LogP contribution in [0.3, 0.4) is 0 Å². The standard InChI is InChI=1S/C28H44N12O5/c1-35-6-7-39(20-22(35)41)26-24-23(30-28(33-26)37(12-16-44-4)13-17-45-5)25(38-8-9-40-21(19-38)18-29-34-40)32-27(31-24)36(10-14-42-2)11-15-43-3/h18H,6-17,19-20H2,1-5H3. The highest BCUT2D eigenvalue weighted by atomic mass is 16.5. The summed E-state index contributed by atoms with van der Waals surface area (Å²) in [6.07, 6.45) is 1.78. The Morgan fingerprint density at radius 3 is 1.67 bits per heavy atom. The Balaban J connectivity index is 1.71. The highest BCUT2D eigenvalue weighted by Gasteiger charge is 2.30. The number of carbonyl (C=O) groups is 1. The third-order valence-electron chi connectivity index (χ3n) is 8.00. The molecule has 1 amide bonds. The van der Waals surface area contributed by atoms with Gasteiger partial charge in [0.25, 0.3) is 0 Å². The number of likely N-dealkylation sites (N-methyl/N-ethyl adjacent to an activating group) is 1. The second kappa shape index (κ2) is 15.4. The molecule has 1 saturated heterocycles. The third-order valence-corrected chi connectivity index (χ3v) is 8.00. The number of rotatable bonds is 16. The van der Waals surface area contributed by atoms with Crippen molar-refractivity contribution in [2.45, 2.75) is 13.1 Å². The fraction of sp³-hybridized carbons (Fsp3) is 0.679. The first kappa shape index (κ1) is 32.5. The lowest BCUT2D eigenvalue weighted by Gasteiger charge is -2.35. The second-order valence-electron chi connectivity index (χ2n) is 10.9. The van der Waals surface area contributed by atoms with Crippen molar-refractivity contribution >= 4 is 40.5 Å². The van der Waals surface area contributed by atoms with Crippen molar-refractivity contribution < 1.29 is 23.7 Å². The van der Waals surface area contributed by atoms with E-state index in [1.165, 1.54) is 0 Å². The monoisotopic (exact) mass is 628 g/mol. The molecule has 0 bridgehead atoms. The van der Waals surface area contributed by atoms with Crippen molar-refractivity contribution in [3.05, 3.63) is 11.9 Å². The highest BCUT2D eigenvalue weighted by Crippen LogP contribution is 2.34. The molecule has 3 aromatic heterocycles. The number of carbonyl (C=O) groups excluding carboxylic acids is 1. The van der Waals surface area contributed by atoms with Crippen molar-refractivity contribution in [2.75, 3.05) is 134 Å². The average Bonchev–Trinajstić information content (AvgIpc) is 3.53. The zero-order valence-corrected chi connectivity index (χ0v) is 26.9. The smallest absolute Gasteiger partial charge is 0.241 e. The van der Waals surface area contributed by atoms with Gasteiger partial charge in [-0.1, -0.05) is 5.21 Å². The van der Waals surface area contributed by atoms with E-state index < -0.39 is 0 Å².